The van der Waals surface area contributed by atoms with Gasteiger partial charge in [-0.05, 0) is 11.4 Å². The van der Waals surface area contributed by atoms with E-state index in [2.05, 4.69) is 14.8 Å². The second-order valence-electron chi connectivity index (χ2n) is 2.42. The molecule has 1 unspecified atom stereocenters. The van der Waals surface area contributed by atoms with Gasteiger partial charge in [-0.1, -0.05) is 19.0 Å². The first-order chi connectivity index (χ1) is 5.13. The van der Waals surface area contributed by atoms with Gasteiger partial charge in [0.05, 0.1) is 7.11 Å². The van der Waals surface area contributed by atoms with Crippen LogP contribution in [-0.4, -0.2) is 19.1 Å². The lowest BCUT2D eigenvalue weighted by molar-refractivity contribution is -0.143. The quantitative estimate of drug-likeness (QED) is 0.269. The van der Waals surface area contributed by atoms with Crippen LogP contribution in [-0.2, 0) is 9.53 Å². The van der Waals surface area contributed by atoms with Gasteiger partial charge >= 0.3 is 5.97 Å². The molecule has 0 aromatic carbocycles. The van der Waals surface area contributed by atoms with Crippen molar-refractivity contribution in [1.29, 1.82) is 0 Å². The van der Waals surface area contributed by atoms with Crippen molar-refractivity contribution in [2.75, 3.05) is 7.11 Å². The summed E-state index contributed by atoms with van der Waals surface area (Å²) in [5, 5.41) is 3.30. The molecule has 62 valence electrons. The summed E-state index contributed by atoms with van der Waals surface area (Å²) >= 11 is 0. The predicted molar refractivity (Wildman–Crippen MR) is 39.8 cm³/mol. The maximum absolute atomic E-state index is 10.9. The van der Waals surface area contributed by atoms with Crippen LogP contribution in [0.25, 0.3) is 10.4 Å². The number of nitrogens with zero attached hydrogens (tertiary/aromatic N) is 3. The number of esters is 1. The fourth-order valence-electron chi connectivity index (χ4n) is 0.629. The summed E-state index contributed by atoms with van der Waals surface area (Å²) < 4.78 is 4.42. The molecule has 11 heavy (non-hydrogen) atoms. The van der Waals surface area contributed by atoms with Crippen molar-refractivity contribution in [1.82, 2.24) is 0 Å². The lowest BCUT2D eigenvalue weighted by atomic mass is 10.1. The van der Waals surface area contributed by atoms with E-state index in [1.807, 2.05) is 0 Å². The van der Waals surface area contributed by atoms with Crippen molar-refractivity contribution in [2.45, 2.75) is 19.9 Å². The number of methoxy groups -OCH3 is 1. The molecule has 0 aromatic heterocycles. The van der Waals surface area contributed by atoms with E-state index < -0.39 is 12.0 Å². The van der Waals surface area contributed by atoms with Crippen LogP contribution in [0.1, 0.15) is 13.8 Å². The van der Waals surface area contributed by atoms with Crippen LogP contribution in [0.3, 0.4) is 0 Å². The first-order valence-corrected chi connectivity index (χ1v) is 3.25. The molecule has 0 saturated carbocycles. The zero-order valence-corrected chi connectivity index (χ0v) is 6.81. The Labute approximate surface area is 65.0 Å². The van der Waals surface area contributed by atoms with Crippen molar-refractivity contribution >= 4 is 5.97 Å². The summed E-state index contributed by atoms with van der Waals surface area (Å²) in [7, 11) is 1.27. The fraction of sp³-hybridized carbons (Fsp3) is 0.833. The van der Waals surface area contributed by atoms with E-state index in [0.717, 1.165) is 0 Å². The number of carbonyl (C=O) groups is 1. The lowest BCUT2D eigenvalue weighted by Gasteiger charge is -2.11. The van der Waals surface area contributed by atoms with Crippen molar-refractivity contribution in [3.63, 3.8) is 0 Å². The summed E-state index contributed by atoms with van der Waals surface area (Å²) in [5.74, 6) is -0.517. The molecule has 5 heteroatoms. The average Bonchev–Trinajstić information content (AvgIpc) is 1.98. The molecular weight excluding hydrogens is 146 g/mol. The Bertz CT molecular complexity index is 184. The van der Waals surface area contributed by atoms with Crippen LogP contribution in [0.4, 0.5) is 0 Å². The van der Waals surface area contributed by atoms with E-state index in [1.54, 1.807) is 13.8 Å². The van der Waals surface area contributed by atoms with Crippen LogP contribution in [0, 0.1) is 5.92 Å². The third-order valence-corrected chi connectivity index (χ3v) is 1.25. The molecule has 0 aliphatic carbocycles. The second-order valence-corrected chi connectivity index (χ2v) is 2.42. The zero-order valence-electron chi connectivity index (χ0n) is 6.81. The molecule has 0 aromatic rings. The molecule has 0 N–H and O–H groups in total. The Morgan fingerprint density at radius 2 is 2.18 bits per heavy atom. The van der Waals surface area contributed by atoms with E-state index >= 15 is 0 Å². The number of hydrogen-bond donors (Lipinski definition) is 0. The largest absolute Gasteiger partial charge is 0.469 e. The van der Waals surface area contributed by atoms with Gasteiger partial charge in [0.1, 0.15) is 6.04 Å². The number of azide groups is 1. The van der Waals surface area contributed by atoms with Crippen LogP contribution in [0.15, 0.2) is 5.11 Å². The van der Waals surface area contributed by atoms with Gasteiger partial charge < -0.3 is 4.74 Å². The van der Waals surface area contributed by atoms with Crippen LogP contribution in [0.2, 0.25) is 0 Å². The summed E-state index contributed by atoms with van der Waals surface area (Å²) in [6.07, 6.45) is 0. The summed E-state index contributed by atoms with van der Waals surface area (Å²) in [6.45, 7) is 3.58. The summed E-state index contributed by atoms with van der Waals surface area (Å²) in [6, 6.07) is -0.704. The Morgan fingerprint density at radius 3 is 2.45 bits per heavy atom. The molecule has 0 aliphatic heterocycles. The minimum absolute atomic E-state index is 0.0293. The Hall–Kier alpha value is -1.22. The maximum Gasteiger partial charge on any atom is 0.314 e. The molecule has 0 amide bonds. The maximum atomic E-state index is 10.9. The highest BCUT2D eigenvalue weighted by atomic mass is 16.5. The standard InChI is InChI=1S/C6H11N3O2/c1-4(2)5(8-9-7)6(10)11-3/h4-5H,1-3H3. The van der Waals surface area contributed by atoms with Gasteiger partial charge in [-0.15, -0.1) is 0 Å². The van der Waals surface area contributed by atoms with Crippen molar-refractivity contribution in [2.24, 2.45) is 11.0 Å². The van der Waals surface area contributed by atoms with E-state index in [4.69, 9.17) is 5.53 Å². The van der Waals surface area contributed by atoms with Crippen molar-refractivity contribution in [3.8, 4) is 0 Å². The van der Waals surface area contributed by atoms with Gasteiger partial charge in [0.15, 0.2) is 0 Å². The second kappa shape index (κ2) is 4.57. The molecule has 0 bridgehead atoms. The normalized spacial score (nSPS) is 12.0. The highest BCUT2D eigenvalue weighted by Gasteiger charge is 2.20. The predicted octanol–water partition coefficient (Wildman–Crippen LogP) is 1.49. The third kappa shape index (κ3) is 2.91. The molecular formula is C6H11N3O2. The monoisotopic (exact) mass is 157 g/mol. The Kier molecular flexibility index (Phi) is 4.07. The molecule has 0 spiro atoms. The van der Waals surface area contributed by atoms with Crippen LogP contribution >= 0.6 is 0 Å². The highest BCUT2D eigenvalue weighted by molar-refractivity contribution is 5.76. The van der Waals surface area contributed by atoms with Gasteiger partial charge in [0, 0.05) is 4.91 Å². The Balaban J connectivity index is 4.33. The van der Waals surface area contributed by atoms with Crippen LogP contribution < -0.4 is 0 Å². The third-order valence-electron chi connectivity index (χ3n) is 1.25. The number of rotatable bonds is 3. The molecule has 0 heterocycles. The SMILES string of the molecule is COC(=O)C(N=[N+]=[N-])C(C)C. The zero-order chi connectivity index (χ0) is 8.85. The average molecular weight is 157 g/mol. The molecule has 0 aliphatic rings. The first-order valence-electron chi connectivity index (χ1n) is 3.25. The summed E-state index contributed by atoms with van der Waals surface area (Å²) in [4.78, 5) is 13.4. The minimum atomic E-state index is -0.704. The van der Waals surface area contributed by atoms with Gasteiger partial charge in [0.2, 0.25) is 0 Å². The molecule has 5 nitrogen and oxygen atoms in total. The van der Waals surface area contributed by atoms with E-state index in [1.165, 1.54) is 7.11 Å². The van der Waals surface area contributed by atoms with E-state index in [0.29, 0.717) is 0 Å². The molecule has 0 radical (unpaired) electrons. The molecule has 0 rings (SSSR count). The van der Waals surface area contributed by atoms with Crippen LogP contribution in [0.5, 0.6) is 0 Å². The van der Waals surface area contributed by atoms with Gasteiger partial charge in [-0.3, -0.25) is 4.79 Å². The van der Waals surface area contributed by atoms with Crippen molar-refractivity contribution in [3.05, 3.63) is 10.4 Å². The molecule has 0 saturated heterocycles. The summed E-state index contributed by atoms with van der Waals surface area (Å²) in [5.41, 5.74) is 8.08. The number of carbonyl (C=O) groups excluding carboxylic acids is 1. The van der Waals surface area contributed by atoms with Gasteiger partial charge in [-0.25, -0.2) is 0 Å². The molecule has 1 atom stereocenters. The minimum Gasteiger partial charge on any atom is -0.469 e. The van der Waals surface area contributed by atoms with E-state index in [-0.39, 0.29) is 5.92 Å². The van der Waals surface area contributed by atoms with E-state index in [9.17, 15) is 4.79 Å². The topological polar surface area (TPSA) is 75.1 Å². The lowest BCUT2D eigenvalue weighted by Crippen LogP contribution is -2.24. The van der Waals surface area contributed by atoms with Gasteiger partial charge in [-0.2, -0.15) is 0 Å². The van der Waals surface area contributed by atoms with Gasteiger partial charge in [0.25, 0.3) is 0 Å². The molecule has 0 fully saturated rings. The Morgan fingerprint density at radius 1 is 1.64 bits per heavy atom. The number of ether oxygens (including phenoxy) is 1. The number of hydrogen-bond acceptors (Lipinski definition) is 3. The smallest absolute Gasteiger partial charge is 0.314 e. The fourth-order valence-corrected chi connectivity index (χ4v) is 0.629. The first kappa shape index (κ1) is 9.78. The highest BCUT2D eigenvalue weighted by Crippen LogP contribution is 2.07. The van der Waals surface area contributed by atoms with Crippen molar-refractivity contribution < 1.29 is 9.53 Å².